The Balaban J connectivity index is 1.41. The van der Waals surface area contributed by atoms with Gasteiger partial charge in [0.1, 0.15) is 0 Å². The monoisotopic (exact) mass is 343 g/mol. The Morgan fingerprint density at radius 2 is 1.92 bits per heavy atom. The van der Waals surface area contributed by atoms with Gasteiger partial charge in [0, 0.05) is 52.6 Å². The number of benzene rings is 1. The summed E-state index contributed by atoms with van der Waals surface area (Å²) in [4.78, 5) is 30.1. The Kier molecular flexibility index (Phi) is 5.74. The minimum atomic E-state index is 0.172. The number of hydrogen-bond donors (Lipinski definition) is 0. The molecule has 5 nitrogen and oxygen atoms in total. The van der Waals surface area contributed by atoms with Crippen LogP contribution in [0.2, 0.25) is 0 Å². The molecule has 1 aromatic carbocycles. The third-order valence-corrected chi connectivity index (χ3v) is 5.49. The van der Waals surface area contributed by atoms with Gasteiger partial charge in [0.2, 0.25) is 11.8 Å². The predicted octanol–water partition coefficient (Wildman–Crippen LogP) is 1.76. The summed E-state index contributed by atoms with van der Waals surface area (Å²) in [5.41, 5.74) is 2.66. The highest BCUT2D eigenvalue weighted by atomic mass is 16.2. The number of carbonyl (C=O) groups is 2. The standard InChI is InChI=1S/C20H29N3O2/c1-16(24)22-11-7-17(14-22)13-21(2)10-9-20(25)23-12-8-18-5-3-4-6-19(18)15-23/h3-6,17H,7-15H2,1-2H3/t17-/m1/s1. The van der Waals surface area contributed by atoms with E-state index in [9.17, 15) is 9.59 Å². The molecule has 2 aliphatic heterocycles. The normalized spacial score (nSPS) is 20.0. The zero-order valence-electron chi connectivity index (χ0n) is 15.4. The smallest absolute Gasteiger partial charge is 0.224 e. The molecular formula is C20H29N3O2. The predicted molar refractivity (Wildman–Crippen MR) is 98.0 cm³/mol. The van der Waals surface area contributed by atoms with E-state index in [0.29, 0.717) is 12.3 Å². The first kappa shape index (κ1) is 17.9. The SMILES string of the molecule is CC(=O)N1CC[C@H](CN(C)CCC(=O)N2CCc3ccccc3C2)C1. The van der Waals surface area contributed by atoms with Crippen LogP contribution >= 0.6 is 0 Å². The maximum atomic E-state index is 12.5. The second-order valence-corrected chi connectivity index (χ2v) is 7.47. The van der Waals surface area contributed by atoms with Crippen LogP contribution in [0.5, 0.6) is 0 Å². The quantitative estimate of drug-likeness (QED) is 0.818. The van der Waals surface area contributed by atoms with Crippen LogP contribution in [0.25, 0.3) is 0 Å². The van der Waals surface area contributed by atoms with E-state index < -0.39 is 0 Å². The molecule has 5 heteroatoms. The van der Waals surface area contributed by atoms with Crippen LogP contribution in [0, 0.1) is 5.92 Å². The van der Waals surface area contributed by atoms with Crippen LogP contribution in [0.15, 0.2) is 24.3 Å². The molecule has 3 rings (SSSR count). The van der Waals surface area contributed by atoms with Crippen molar-refractivity contribution in [2.24, 2.45) is 5.92 Å². The maximum absolute atomic E-state index is 12.5. The zero-order valence-corrected chi connectivity index (χ0v) is 15.4. The minimum Gasteiger partial charge on any atom is -0.343 e. The number of rotatable bonds is 5. The zero-order chi connectivity index (χ0) is 17.8. The number of hydrogen-bond acceptors (Lipinski definition) is 3. The first-order chi connectivity index (χ1) is 12.0. The van der Waals surface area contributed by atoms with Gasteiger partial charge < -0.3 is 14.7 Å². The summed E-state index contributed by atoms with van der Waals surface area (Å²) >= 11 is 0. The Bertz CT molecular complexity index is 631. The number of nitrogens with zero attached hydrogens (tertiary/aromatic N) is 3. The second kappa shape index (κ2) is 8.00. The van der Waals surface area contributed by atoms with E-state index in [0.717, 1.165) is 52.1 Å². The van der Waals surface area contributed by atoms with Crippen LogP contribution in [-0.4, -0.2) is 66.3 Å². The van der Waals surface area contributed by atoms with Crippen molar-refractivity contribution >= 4 is 11.8 Å². The Labute approximate surface area is 150 Å². The highest BCUT2D eigenvalue weighted by Crippen LogP contribution is 2.20. The Morgan fingerprint density at radius 3 is 2.64 bits per heavy atom. The lowest BCUT2D eigenvalue weighted by atomic mass is 10.00. The van der Waals surface area contributed by atoms with E-state index in [-0.39, 0.29) is 11.8 Å². The molecule has 1 fully saturated rings. The van der Waals surface area contributed by atoms with Crippen molar-refractivity contribution in [2.45, 2.75) is 32.7 Å². The lowest BCUT2D eigenvalue weighted by Crippen LogP contribution is -2.38. The van der Waals surface area contributed by atoms with Crippen LogP contribution in [0.1, 0.15) is 30.9 Å². The van der Waals surface area contributed by atoms with E-state index in [1.807, 2.05) is 15.9 Å². The average molecular weight is 343 g/mol. The summed E-state index contributed by atoms with van der Waals surface area (Å²) in [5.74, 6) is 0.953. The Hall–Kier alpha value is -1.88. The molecule has 0 radical (unpaired) electrons. The van der Waals surface area contributed by atoms with Crippen molar-refractivity contribution in [2.75, 3.05) is 39.8 Å². The highest BCUT2D eigenvalue weighted by Gasteiger charge is 2.25. The van der Waals surface area contributed by atoms with Crippen molar-refractivity contribution in [3.05, 3.63) is 35.4 Å². The third kappa shape index (κ3) is 4.60. The van der Waals surface area contributed by atoms with Crippen molar-refractivity contribution in [3.63, 3.8) is 0 Å². The first-order valence-corrected chi connectivity index (χ1v) is 9.31. The van der Waals surface area contributed by atoms with Crippen molar-refractivity contribution in [3.8, 4) is 0 Å². The molecule has 1 aromatic rings. The largest absolute Gasteiger partial charge is 0.343 e. The summed E-state index contributed by atoms with van der Waals surface area (Å²) in [6.45, 7) is 6.69. The summed E-state index contributed by atoms with van der Waals surface area (Å²) in [6, 6.07) is 8.41. The third-order valence-electron chi connectivity index (χ3n) is 5.49. The number of amides is 2. The van der Waals surface area contributed by atoms with Gasteiger partial charge >= 0.3 is 0 Å². The van der Waals surface area contributed by atoms with Gasteiger partial charge in [-0.15, -0.1) is 0 Å². The lowest BCUT2D eigenvalue weighted by molar-refractivity contribution is -0.132. The van der Waals surface area contributed by atoms with Gasteiger partial charge in [-0.25, -0.2) is 0 Å². The fourth-order valence-electron chi connectivity index (χ4n) is 3.95. The minimum absolute atomic E-state index is 0.172. The van der Waals surface area contributed by atoms with Gasteiger partial charge in [-0.05, 0) is 36.9 Å². The molecule has 0 unspecified atom stereocenters. The van der Waals surface area contributed by atoms with Gasteiger partial charge in [0.15, 0.2) is 0 Å². The first-order valence-electron chi connectivity index (χ1n) is 9.31. The topological polar surface area (TPSA) is 43.9 Å². The van der Waals surface area contributed by atoms with Gasteiger partial charge in [0.05, 0.1) is 0 Å². The average Bonchev–Trinajstić information content (AvgIpc) is 3.08. The van der Waals surface area contributed by atoms with Gasteiger partial charge in [-0.2, -0.15) is 0 Å². The fourth-order valence-corrected chi connectivity index (χ4v) is 3.95. The second-order valence-electron chi connectivity index (χ2n) is 7.47. The van der Waals surface area contributed by atoms with Crippen molar-refractivity contribution in [1.29, 1.82) is 0 Å². The highest BCUT2D eigenvalue weighted by molar-refractivity contribution is 5.76. The molecule has 0 spiro atoms. The van der Waals surface area contributed by atoms with Crippen LogP contribution in [-0.2, 0) is 22.6 Å². The van der Waals surface area contributed by atoms with Gasteiger partial charge in [0.25, 0.3) is 0 Å². The molecule has 136 valence electrons. The van der Waals surface area contributed by atoms with Crippen molar-refractivity contribution < 1.29 is 9.59 Å². The van der Waals surface area contributed by atoms with Crippen LogP contribution < -0.4 is 0 Å². The Morgan fingerprint density at radius 1 is 1.16 bits per heavy atom. The molecule has 1 atom stereocenters. The van der Waals surface area contributed by atoms with E-state index in [4.69, 9.17) is 0 Å². The molecule has 0 N–H and O–H groups in total. The number of fused-ring (bicyclic) bond motifs is 1. The number of likely N-dealkylation sites (tertiary alicyclic amines) is 1. The van der Waals surface area contributed by atoms with E-state index in [2.05, 4.69) is 30.1 Å². The molecule has 0 saturated carbocycles. The number of carbonyl (C=O) groups excluding carboxylic acids is 2. The molecule has 0 aromatic heterocycles. The van der Waals surface area contributed by atoms with E-state index in [1.54, 1.807) is 6.92 Å². The van der Waals surface area contributed by atoms with Crippen LogP contribution in [0.4, 0.5) is 0 Å². The van der Waals surface area contributed by atoms with Gasteiger partial charge in [-0.1, -0.05) is 24.3 Å². The molecule has 0 bridgehead atoms. The van der Waals surface area contributed by atoms with Gasteiger partial charge in [-0.3, -0.25) is 9.59 Å². The van der Waals surface area contributed by atoms with E-state index in [1.165, 1.54) is 11.1 Å². The molecule has 2 aliphatic rings. The molecular weight excluding hydrogens is 314 g/mol. The molecule has 0 aliphatic carbocycles. The lowest BCUT2D eigenvalue weighted by Gasteiger charge is -2.29. The fraction of sp³-hybridized carbons (Fsp3) is 0.600. The summed E-state index contributed by atoms with van der Waals surface area (Å²) in [5, 5.41) is 0. The van der Waals surface area contributed by atoms with Crippen LogP contribution in [0.3, 0.4) is 0 Å². The maximum Gasteiger partial charge on any atom is 0.224 e. The molecule has 25 heavy (non-hydrogen) atoms. The van der Waals surface area contributed by atoms with Crippen molar-refractivity contribution in [1.82, 2.24) is 14.7 Å². The summed E-state index contributed by atoms with van der Waals surface area (Å²) in [6.07, 6.45) is 2.60. The summed E-state index contributed by atoms with van der Waals surface area (Å²) < 4.78 is 0. The summed E-state index contributed by atoms with van der Waals surface area (Å²) in [7, 11) is 2.08. The molecule has 1 saturated heterocycles. The molecule has 2 heterocycles. The molecule has 2 amide bonds. The van der Waals surface area contributed by atoms with E-state index >= 15 is 0 Å².